The number of benzene rings is 2. The number of halogens is 1. The van der Waals surface area contributed by atoms with Gasteiger partial charge in [-0.25, -0.2) is 0 Å². The fourth-order valence-electron chi connectivity index (χ4n) is 2.62. The van der Waals surface area contributed by atoms with Gasteiger partial charge in [-0.15, -0.1) is 0 Å². The molecule has 0 radical (unpaired) electrons. The summed E-state index contributed by atoms with van der Waals surface area (Å²) in [5.74, 6) is -0.206. The summed E-state index contributed by atoms with van der Waals surface area (Å²) in [4.78, 5) is 17.2. The van der Waals surface area contributed by atoms with Crippen molar-refractivity contribution in [2.24, 2.45) is 0 Å². The molecule has 0 spiro atoms. The molecule has 0 saturated carbocycles. The Hall–Kier alpha value is -2.39. The van der Waals surface area contributed by atoms with Crippen LogP contribution in [-0.2, 0) is 5.54 Å². The van der Waals surface area contributed by atoms with Crippen LogP contribution in [-0.4, -0.2) is 10.9 Å². The molecule has 0 aliphatic heterocycles. The quantitative estimate of drug-likeness (QED) is 0.767. The highest BCUT2D eigenvalue weighted by atomic mass is 35.5. The largest absolute Gasteiger partial charge is 0.341 e. The number of fused-ring (bicyclic) bond motifs is 1. The second kappa shape index (κ2) is 6.01. The summed E-state index contributed by atoms with van der Waals surface area (Å²) in [7, 11) is 0. The van der Waals surface area contributed by atoms with Gasteiger partial charge in [-0.2, -0.15) is 0 Å². The number of carbonyl (C=O) groups is 1. The number of amides is 1. The summed E-state index contributed by atoms with van der Waals surface area (Å²) in [5.41, 5.74) is 0.692. The minimum absolute atomic E-state index is 0.206. The summed E-state index contributed by atoms with van der Waals surface area (Å²) in [6, 6.07) is 17.0. The van der Waals surface area contributed by atoms with Gasteiger partial charge in [0.1, 0.15) is 0 Å². The summed E-state index contributed by atoms with van der Waals surface area (Å²) >= 11 is 6.30. The van der Waals surface area contributed by atoms with Crippen LogP contribution in [0.2, 0.25) is 5.02 Å². The van der Waals surface area contributed by atoms with Gasteiger partial charge in [0.25, 0.3) is 5.91 Å². The Kier molecular flexibility index (Phi) is 4.05. The summed E-state index contributed by atoms with van der Waals surface area (Å²) in [6.45, 7) is 3.85. The van der Waals surface area contributed by atoms with Crippen LogP contribution in [0.5, 0.6) is 0 Å². The van der Waals surface area contributed by atoms with E-state index < -0.39 is 5.54 Å². The molecule has 1 amide bonds. The molecule has 4 heteroatoms. The third-order valence-electron chi connectivity index (χ3n) is 3.84. The van der Waals surface area contributed by atoms with Crippen molar-refractivity contribution in [1.29, 1.82) is 0 Å². The van der Waals surface area contributed by atoms with Gasteiger partial charge in [0.15, 0.2) is 0 Å². The van der Waals surface area contributed by atoms with Crippen LogP contribution in [0.4, 0.5) is 0 Å². The molecule has 0 unspecified atom stereocenters. The van der Waals surface area contributed by atoms with Crippen LogP contribution in [0.3, 0.4) is 0 Å². The van der Waals surface area contributed by atoms with Crippen molar-refractivity contribution >= 4 is 28.3 Å². The summed E-state index contributed by atoms with van der Waals surface area (Å²) in [5, 5.41) is 5.30. The molecule has 3 rings (SSSR count). The van der Waals surface area contributed by atoms with E-state index in [0.717, 1.165) is 16.5 Å². The number of hydrogen-bond donors (Lipinski definition) is 1. The first kappa shape index (κ1) is 15.5. The molecule has 0 atom stereocenters. The fraction of sp³-hybridized carbons (Fsp3) is 0.158. The van der Waals surface area contributed by atoms with E-state index in [-0.39, 0.29) is 5.91 Å². The van der Waals surface area contributed by atoms with Gasteiger partial charge in [0.2, 0.25) is 0 Å². The Morgan fingerprint density at radius 2 is 1.78 bits per heavy atom. The van der Waals surface area contributed by atoms with Crippen molar-refractivity contribution in [3.8, 4) is 0 Å². The summed E-state index contributed by atoms with van der Waals surface area (Å²) < 4.78 is 0. The first-order valence-electron chi connectivity index (χ1n) is 7.40. The second-order valence-electron chi connectivity index (χ2n) is 5.94. The van der Waals surface area contributed by atoms with Gasteiger partial charge in [-0.1, -0.05) is 48.0 Å². The molecule has 0 aliphatic carbocycles. The normalized spacial score (nSPS) is 11.4. The Labute approximate surface area is 140 Å². The van der Waals surface area contributed by atoms with Gasteiger partial charge >= 0.3 is 0 Å². The topological polar surface area (TPSA) is 42.0 Å². The van der Waals surface area contributed by atoms with E-state index in [0.29, 0.717) is 10.6 Å². The molecule has 0 fully saturated rings. The molecular formula is C19H17ClN2O. The minimum atomic E-state index is -0.599. The van der Waals surface area contributed by atoms with Gasteiger partial charge < -0.3 is 5.32 Å². The molecule has 0 saturated heterocycles. The maximum Gasteiger partial charge on any atom is 0.254 e. The van der Waals surface area contributed by atoms with Crippen molar-refractivity contribution in [3.63, 3.8) is 0 Å². The SMILES string of the molecule is CC(C)(NC(=O)c1c(Cl)ccc2ccccc12)c1ccccn1. The first-order valence-corrected chi connectivity index (χ1v) is 7.78. The van der Waals surface area contributed by atoms with Crippen molar-refractivity contribution in [2.75, 3.05) is 0 Å². The van der Waals surface area contributed by atoms with Crippen LogP contribution < -0.4 is 5.32 Å². The van der Waals surface area contributed by atoms with Crippen LogP contribution in [0, 0.1) is 0 Å². The van der Waals surface area contributed by atoms with Gasteiger partial charge in [-0.05, 0) is 42.8 Å². The van der Waals surface area contributed by atoms with Gasteiger partial charge in [0.05, 0.1) is 21.8 Å². The molecule has 1 aromatic heterocycles. The number of nitrogens with zero attached hydrogens (tertiary/aromatic N) is 1. The zero-order valence-corrected chi connectivity index (χ0v) is 13.8. The molecule has 116 valence electrons. The van der Waals surface area contributed by atoms with Gasteiger partial charge in [0, 0.05) is 6.20 Å². The number of pyridine rings is 1. The lowest BCUT2D eigenvalue weighted by Crippen LogP contribution is -2.41. The zero-order chi connectivity index (χ0) is 16.4. The van der Waals surface area contributed by atoms with Crippen LogP contribution in [0.1, 0.15) is 29.9 Å². The predicted molar refractivity (Wildman–Crippen MR) is 93.7 cm³/mol. The minimum Gasteiger partial charge on any atom is -0.341 e. The Bertz CT molecular complexity index is 860. The molecule has 23 heavy (non-hydrogen) atoms. The van der Waals surface area contributed by atoms with E-state index in [1.807, 2.05) is 62.4 Å². The van der Waals surface area contributed by atoms with E-state index in [1.54, 1.807) is 12.3 Å². The molecule has 1 N–H and O–H groups in total. The number of aromatic nitrogens is 1. The van der Waals surface area contributed by atoms with E-state index >= 15 is 0 Å². The highest BCUT2D eigenvalue weighted by molar-refractivity contribution is 6.35. The number of rotatable bonds is 3. The van der Waals surface area contributed by atoms with E-state index in [2.05, 4.69) is 10.3 Å². The number of carbonyl (C=O) groups excluding carboxylic acids is 1. The van der Waals surface area contributed by atoms with Gasteiger partial charge in [-0.3, -0.25) is 9.78 Å². The molecule has 2 aromatic carbocycles. The maximum absolute atomic E-state index is 12.8. The predicted octanol–water partition coefficient (Wildman–Crippen LogP) is 4.55. The zero-order valence-electron chi connectivity index (χ0n) is 13.0. The highest BCUT2D eigenvalue weighted by Gasteiger charge is 2.26. The Balaban J connectivity index is 2.00. The smallest absolute Gasteiger partial charge is 0.254 e. The summed E-state index contributed by atoms with van der Waals surface area (Å²) in [6.07, 6.45) is 1.72. The molecule has 3 nitrogen and oxygen atoms in total. The third kappa shape index (κ3) is 3.06. The van der Waals surface area contributed by atoms with Crippen LogP contribution in [0.25, 0.3) is 10.8 Å². The molecule has 3 aromatic rings. The fourth-order valence-corrected chi connectivity index (χ4v) is 2.87. The number of hydrogen-bond acceptors (Lipinski definition) is 2. The lowest BCUT2D eigenvalue weighted by molar-refractivity contribution is 0.0912. The molecule has 0 bridgehead atoms. The maximum atomic E-state index is 12.8. The van der Waals surface area contributed by atoms with Crippen LogP contribution >= 0.6 is 11.6 Å². The average molecular weight is 325 g/mol. The molecule has 1 heterocycles. The van der Waals surface area contributed by atoms with Crippen molar-refractivity contribution in [2.45, 2.75) is 19.4 Å². The van der Waals surface area contributed by atoms with Crippen molar-refractivity contribution < 1.29 is 4.79 Å². The van der Waals surface area contributed by atoms with E-state index in [1.165, 1.54) is 0 Å². The first-order chi connectivity index (χ1) is 11.0. The average Bonchev–Trinajstić information content (AvgIpc) is 2.55. The monoisotopic (exact) mass is 324 g/mol. The Morgan fingerprint density at radius 1 is 1.04 bits per heavy atom. The van der Waals surface area contributed by atoms with E-state index in [9.17, 15) is 4.79 Å². The standard InChI is InChI=1S/C19H17ClN2O/c1-19(2,16-9-5-6-12-21-16)22-18(23)17-14-8-4-3-7-13(14)10-11-15(17)20/h3-12H,1-2H3,(H,22,23). The molecule has 0 aliphatic rings. The molecular weight excluding hydrogens is 308 g/mol. The third-order valence-corrected chi connectivity index (χ3v) is 4.15. The lowest BCUT2D eigenvalue weighted by Gasteiger charge is -2.26. The highest BCUT2D eigenvalue weighted by Crippen LogP contribution is 2.27. The van der Waals surface area contributed by atoms with Crippen molar-refractivity contribution in [3.05, 3.63) is 77.1 Å². The second-order valence-corrected chi connectivity index (χ2v) is 6.34. The Morgan fingerprint density at radius 3 is 2.52 bits per heavy atom. The van der Waals surface area contributed by atoms with E-state index in [4.69, 9.17) is 11.6 Å². The number of nitrogens with one attached hydrogen (secondary N) is 1. The van der Waals surface area contributed by atoms with Crippen LogP contribution in [0.15, 0.2) is 60.8 Å². The lowest BCUT2D eigenvalue weighted by atomic mass is 9.97. The van der Waals surface area contributed by atoms with Crippen molar-refractivity contribution in [1.82, 2.24) is 10.3 Å².